The molecule has 2 nitrogen and oxygen atoms in total. The van der Waals surface area contributed by atoms with Gasteiger partial charge in [-0.05, 0) is 30.5 Å². The highest BCUT2D eigenvalue weighted by Crippen LogP contribution is 2.31. The zero-order valence-electron chi connectivity index (χ0n) is 11.6. The molecule has 2 unspecified atom stereocenters. The average Bonchev–Trinajstić information content (AvgIpc) is 2.38. The highest BCUT2D eigenvalue weighted by Gasteiger charge is 2.20. The van der Waals surface area contributed by atoms with Crippen LogP contribution in [0.15, 0.2) is 24.3 Å². The summed E-state index contributed by atoms with van der Waals surface area (Å²) in [7, 11) is 1.75. The molecule has 0 fully saturated rings. The first-order valence-corrected chi connectivity index (χ1v) is 7.02. The average molecular weight is 270 g/mol. The molecule has 1 aromatic rings. The number of methoxy groups -OCH3 is 1. The lowest BCUT2D eigenvalue weighted by molar-refractivity contribution is 0.174. The van der Waals surface area contributed by atoms with Crippen LogP contribution in [0.1, 0.15) is 31.7 Å². The minimum Gasteiger partial charge on any atom is -0.385 e. The topological polar surface area (TPSA) is 21.3 Å². The molecule has 102 valence electrons. The first kappa shape index (κ1) is 15.5. The Balaban J connectivity index is 2.80. The van der Waals surface area contributed by atoms with Crippen LogP contribution in [0.5, 0.6) is 0 Å². The predicted octanol–water partition coefficient (Wildman–Crippen LogP) is 3.71. The van der Waals surface area contributed by atoms with Gasteiger partial charge in [-0.15, -0.1) is 0 Å². The van der Waals surface area contributed by atoms with Crippen LogP contribution in [-0.2, 0) is 4.74 Å². The molecule has 0 aromatic heterocycles. The molecule has 0 spiro atoms. The highest BCUT2D eigenvalue weighted by atomic mass is 35.5. The molecule has 0 bridgehead atoms. The molecule has 1 N–H and O–H groups in total. The maximum Gasteiger partial charge on any atom is 0.0465 e. The van der Waals surface area contributed by atoms with Crippen LogP contribution in [0.3, 0.4) is 0 Å². The van der Waals surface area contributed by atoms with E-state index in [0.29, 0.717) is 11.8 Å². The second kappa shape index (κ2) is 8.52. The van der Waals surface area contributed by atoms with Gasteiger partial charge in [-0.2, -0.15) is 0 Å². The zero-order chi connectivity index (χ0) is 13.4. The zero-order valence-corrected chi connectivity index (χ0v) is 12.3. The minimum atomic E-state index is 0.439. The van der Waals surface area contributed by atoms with E-state index in [2.05, 4.69) is 31.3 Å². The van der Waals surface area contributed by atoms with Gasteiger partial charge in [-0.3, -0.25) is 0 Å². The summed E-state index contributed by atoms with van der Waals surface area (Å²) < 4.78 is 5.18. The third-order valence-electron chi connectivity index (χ3n) is 3.38. The van der Waals surface area contributed by atoms with Gasteiger partial charge >= 0.3 is 0 Å². The number of rotatable bonds is 8. The molecule has 0 radical (unpaired) electrons. The number of nitrogens with one attached hydrogen (secondary N) is 1. The Morgan fingerprint density at radius 3 is 2.67 bits per heavy atom. The third-order valence-corrected chi connectivity index (χ3v) is 3.73. The van der Waals surface area contributed by atoms with Crippen LogP contribution in [0, 0.1) is 5.92 Å². The Kier molecular flexibility index (Phi) is 7.33. The van der Waals surface area contributed by atoms with Crippen molar-refractivity contribution in [3.05, 3.63) is 34.9 Å². The molecular formula is C15H24ClNO. The molecular weight excluding hydrogens is 246 g/mol. The minimum absolute atomic E-state index is 0.439. The lowest BCUT2D eigenvalue weighted by Crippen LogP contribution is -2.26. The number of hydrogen-bond acceptors (Lipinski definition) is 2. The lowest BCUT2D eigenvalue weighted by atomic mass is 9.85. The fourth-order valence-electron chi connectivity index (χ4n) is 2.20. The van der Waals surface area contributed by atoms with Crippen molar-refractivity contribution in [2.75, 3.05) is 26.8 Å². The second-order valence-electron chi connectivity index (χ2n) is 4.69. The Morgan fingerprint density at radius 2 is 2.06 bits per heavy atom. The van der Waals surface area contributed by atoms with E-state index >= 15 is 0 Å². The number of halogens is 1. The van der Waals surface area contributed by atoms with Crippen molar-refractivity contribution in [3.63, 3.8) is 0 Å². The fourth-order valence-corrected chi connectivity index (χ4v) is 2.47. The third kappa shape index (κ3) is 4.60. The van der Waals surface area contributed by atoms with Gasteiger partial charge in [0.2, 0.25) is 0 Å². The molecule has 0 amide bonds. The Labute approximate surface area is 116 Å². The van der Waals surface area contributed by atoms with Crippen LogP contribution in [0.4, 0.5) is 0 Å². The Hall–Kier alpha value is -0.570. The molecule has 18 heavy (non-hydrogen) atoms. The van der Waals surface area contributed by atoms with Crippen LogP contribution < -0.4 is 5.32 Å². The van der Waals surface area contributed by atoms with Crippen molar-refractivity contribution in [1.29, 1.82) is 0 Å². The van der Waals surface area contributed by atoms with Gasteiger partial charge in [-0.1, -0.05) is 43.6 Å². The van der Waals surface area contributed by atoms with Crippen molar-refractivity contribution in [1.82, 2.24) is 5.32 Å². The summed E-state index contributed by atoms with van der Waals surface area (Å²) in [4.78, 5) is 0. The molecule has 0 aliphatic rings. The van der Waals surface area contributed by atoms with E-state index in [4.69, 9.17) is 16.3 Å². The van der Waals surface area contributed by atoms with Crippen LogP contribution in [0.2, 0.25) is 5.02 Å². The van der Waals surface area contributed by atoms with Gasteiger partial charge in [0.15, 0.2) is 0 Å². The molecule has 0 aliphatic carbocycles. The first-order chi connectivity index (χ1) is 8.70. The highest BCUT2D eigenvalue weighted by molar-refractivity contribution is 6.31. The van der Waals surface area contributed by atoms with Gasteiger partial charge in [0.25, 0.3) is 0 Å². The van der Waals surface area contributed by atoms with Crippen molar-refractivity contribution in [2.45, 2.75) is 26.2 Å². The normalized spacial score (nSPS) is 14.4. The fraction of sp³-hybridized carbons (Fsp3) is 0.600. The standard InChI is InChI=1S/C15H24ClNO/c1-4-17-11-14(12(2)9-10-18-3)13-7-5-6-8-15(13)16/h5-8,12,14,17H,4,9-11H2,1-3H3. The Morgan fingerprint density at radius 1 is 1.33 bits per heavy atom. The number of ether oxygens (including phenoxy) is 1. The van der Waals surface area contributed by atoms with Crippen LogP contribution in [-0.4, -0.2) is 26.8 Å². The van der Waals surface area contributed by atoms with E-state index in [1.807, 2.05) is 12.1 Å². The maximum absolute atomic E-state index is 6.32. The monoisotopic (exact) mass is 269 g/mol. The molecule has 0 aliphatic heterocycles. The van der Waals surface area contributed by atoms with Crippen molar-refractivity contribution < 1.29 is 4.74 Å². The predicted molar refractivity (Wildman–Crippen MR) is 78.4 cm³/mol. The molecule has 0 saturated carbocycles. The number of hydrogen-bond donors (Lipinski definition) is 1. The van der Waals surface area contributed by atoms with Gasteiger partial charge < -0.3 is 10.1 Å². The van der Waals surface area contributed by atoms with E-state index in [0.717, 1.165) is 31.1 Å². The van der Waals surface area contributed by atoms with E-state index in [1.54, 1.807) is 7.11 Å². The largest absolute Gasteiger partial charge is 0.385 e. The number of benzene rings is 1. The van der Waals surface area contributed by atoms with Crippen molar-refractivity contribution >= 4 is 11.6 Å². The molecule has 3 heteroatoms. The molecule has 0 heterocycles. The number of likely N-dealkylation sites (N-methyl/N-ethyl adjacent to an activating group) is 1. The van der Waals surface area contributed by atoms with E-state index < -0.39 is 0 Å². The summed E-state index contributed by atoms with van der Waals surface area (Å²) in [5, 5.41) is 4.30. The second-order valence-corrected chi connectivity index (χ2v) is 5.10. The van der Waals surface area contributed by atoms with Gasteiger partial charge in [0, 0.05) is 31.2 Å². The summed E-state index contributed by atoms with van der Waals surface area (Å²) in [5.41, 5.74) is 1.24. The summed E-state index contributed by atoms with van der Waals surface area (Å²) in [6.45, 7) is 7.14. The summed E-state index contributed by atoms with van der Waals surface area (Å²) in [6.07, 6.45) is 1.05. The summed E-state index contributed by atoms with van der Waals surface area (Å²) in [6, 6.07) is 8.14. The quantitative estimate of drug-likeness (QED) is 0.777. The lowest BCUT2D eigenvalue weighted by Gasteiger charge is -2.25. The summed E-state index contributed by atoms with van der Waals surface area (Å²) >= 11 is 6.32. The van der Waals surface area contributed by atoms with Crippen LogP contribution >= 0.6 is 11.6 Å². The van der Waals surface area contributed by atoms with E-state index in [1.165, 1.54) is 5.56 Å². The molecule has 0 saturated heterocycles. The smallest absolute Gasteiger partial charge is 0.0465 e. The van der Waals surface area contributed by atoms with Crippen molar-refractivity contribution in [2.24, 2.45) is 5.92 Å². The maximum atomic E-state index is 6.32. The molecule has 2 atom stereocenters. The SMILES string of the molecule is CCNCC(c1ccccc1Cl)C(C)CCOC. The van der Waals surface area contributed by atoms with Crippen molar-refractivity contribution in [3.8, 4) is 0 Å². The van der Waals surface area contributed by atoms with Crippen LogP contribution in [0.25, 0.3) is 0 Å². The molecule has 1 rings (SSSR count). The van der Waals surface area contributed by atoms with E-state index in [9.17, 15) is 0 Å². The van der Waals surface area contributed by atoms with Gasteiger partial charge in [-0.25, -0.2) is 0 Å². The summed E-state index contributed by atoms with van der Waals surface area (Å²) in [5.74, 6) is 0.984. The van der Waals surface area contributed by atoms with E-state index in [-0.39, 0.29) is 0 Å². The van der Waals surface area contributed by atoms with Gasteiger partial charge in [0.1, 0.15) is 0 Å². The first-order valence-electron chi connectivity index (χ1n) is 6.64. The molecule has 1 aromatic carbocycles. The Bertz CT molecular complexity index is 343. The van der Waals surface area contributed by atoms with Gasteiger partial charge in [0.05, 0.1) is 0 Å².